The summed E-state index contributed by atoms with van der Waals surface area (Å²) >= 11 is 0. The molecule has 2 fully saturated rings. The summed E-state index contributed by atoms with van der Waals surface area (Å²) in [5, 5.41) is 0. The Labute approximate surface area is 300 Å². The summed E-state index contributed by atoms with van der Waals surface area (Å²) in [5.41, 5.74) is 3.90. The van der Waals surface area contributed by atoms with E-state index in [0.717, 1.165) is 45.3 Å². The molecule has 4 aromatic carbocycles. The van der Waals surface area contributed by atoms with Gasteiger partial charge in [0.25, 0.3) is 0 Å². The maximum atomic E-state index is 6.84. The molecule has 0 radical (unpaired) electrons. The molecule has 0 amide bonds. The fourth-order valence-electron chi connectivity index (χ4n) is 6.49. The summed E-state index contributed by atoms with van der Waals surface area (Å²) < 4.78 is 62.0. The van der Waals surface area contributed by atoms with Crippen molar-refractivity contribution < 1.29 is 47.4 Å². The highest BCUT2D eigenvalue weighted by Gasteiger charge is 2.60. The highest BCUT2D eigenvalue weighted by molar-refractivity contribution is 5.29. The lowest BCUT2D eigenvalue weighted by Crippen LogP contribution is -2.65. The molecular formula is C41H48O10. The zero-order valence-electron chi connectivity index (χ0n) is 30.1. The van der Waals surface area contributed by atoms with Gasteiger partial charge in [0.1, 0.15) is 59.6 Å². The van der Waals surface area contributed by atoms with E-state index in [1.54, 1.807) is 28.4 Å². The summed E-state index contributed by atoms with van der Waals surface area (Å²) in [6, 6.07) is 31.2. The standard InChI is InChI=1S/C41H48O10/c1-41(2)50-39-37(48-25-29-11-19-33(44-5)20-12-29)35(46-23-27-7-15-31(42-3)16-8-27)36(47-24-28-9-17-32(43-4)18-10-28)38(40(39)51-41)49-26-30-13-21-34(45-6)22-14-30/h7-22,35-40H,23-26H2,1-6H3/t35-,36-,37+,38+,39-,40+/m1/s1. The molecule has 10 nitrogen and oxygen atoms in total. The van der Waals surface area contributed by atoms with E-state index in [4.69, 9.17) is 47.4 Å². The van der Waals surface area contributed by atoms with Crippen molar-refractivity contribution in [1.82, 2.24) is 0 Å². The van der Waals surface area contributed by atoms with Gasteiger partial charge in [-0.2, -0.15) is 0 Å². The second-order valence-corrected chi connectivity index (χ2v) is 13.1. The third-order valence-electron chi connectivity index (χ3n) is 9.19. The van der Waals surface area contributed by atoms with Crippen LogP contribution in [0.3, 0.4) is 0 Å². The lowest BCUT2D eigenvalue weighted by Gasteiger charge is -2.46. The van der Waals surface area contributed by atoms with Crippen LogP contribution in [0.15, 0.2) is 97.1 Å². The fourth-order valence-corrected chi connectivity index (χ4v) is 6.49. The molecule has 0 bridgehead atoms. The van der Waals surface area contributed by atoms with Gasteiger partial charge in [-0.15, -0.1) is 0 Å². The van der Waals surface area contributed by atoms with E-state index in [2.05, 4.69) is 0 Å². The maximum Gasteiger partial charge on any atom is 0.164 e. The molecule has 1 heterocycles. The Hall–Kier alpha value is -4.16. The van der Waals surface area contributed by atoms with Crippen LogP contribution in [0.5, 0.6) is 23.0 Å². The number of methoxy groups -OCH3 is 4. The van der Waals surface area contributed by atoms with Gasteiger partial charge < -0.3 is 47.4 Å². The first-order valence-electron chi connectivity index (χ1n) is 17.1. The molecule has 10 heteroatoms. The van der Waals surface area contributed by atoms with Crippen LogP contribution in [0, 0.1) is 0 Å². The van der Waals surface area contributed by atoms with Crippen LogP contribution in [-0.2, 0) is 54.8 Å². The summed E-state index contributed by atoms with van der Waals surface area (Å²) in [6.45, 7) is 5.04. The van der Waals surface area contributed by atoms with Crippen molar-refractivity contribution in [3.8, 4) is 23.0 Å². The summed E-state index contributed by atoms with van der Waals surface area (Å²) in [6.07, 6.45) is -3.38. The van der Waals surface area contributed by atoms with E-state index in [1.165, 1.54) is 0 Å². The summed E-state index contributed by atoms with van der Waals surface area (Å²) in [4.78, 5) is 0. The van der Waals surface area contributed by atoms with E-state index in [0.29, 0.717) is 26.4 Å². The molecule has 1 aliphatic heterocycles. The van der Waals surface area contributed by atoms with Crippen LogP contribution < -0.4 is 18.9 Å². The molecule has 2 aliphatic rings. The van der Waals surface area contributed by atoms with Gasteiger partial charge in [-0.05, 0) is 84.6 Å². The van der Waals surface area contributed by atoms with E-state index >= 15 is 0 Å². The van der Waals surface area contributed by atoms with Crippen molar-refractivity contribution in [2.75, 3.05) is 28.4 Å². The first-order valence-corrected chi connectivity index (χ1v) is 17.1. The zero-order chi connectivity index (χ0) is 35.8. The highest BCUT2D eigenvalue weighted by Crippen LogP contribution is 2.43. The minimum Gasteiger partial charge on any atom is -0.497 e. The van der Waals surface area contributed by atoms with Crippen LogP contribution in [0.2, 0.25) is 0 Å². The van der Waals surface area contributed by atoms with Crippen molar-refractivity contribution in [3.63, 3.8) is 0 Å². The predicted octanol–water partition coefficient (Wildman–Crippen LogP) is 6.90. The van der Waals surface area contributed by atoms with Crippen molar-refractivity contribution >= 4 is 0 Å². The van der Waals surface area contributed by atoms with Crippen LogP contribution >= 0.6 is 0 Å². The number of hydrogen-bond acceptors (Lipinski definition) is 10. The Morgan fingerprint density at radius 3 is 0.863 bits per heavy atom. The number of fused-ring (bicyclic) bond motifs is 1. The van der Waals surface area contributed by atoms with Crippen molar-refractivity contribution in [2.45, 2.75) is 82.7 Å². The van der Waals surface area contributed by atoms with Crippen LogP contribution in [0.4, 0.5) is 0 Å². The van der Waals surface area contributed by atoms with Gasteiger partial charge >= 0.3 is 0 Å². The zero-order valence-corrected chi connectivity index (χ0v) is 30.1. The van der Waals surface area contributed by atoms with Gasteiger partial charge in [0.15, 0.2) is 5.79 Å². The van der Waals surface area contributed by atoms with E-state index < -0.39 is 42.4 Å². The lowest BCUT2D eigenvalue weighted by molar-refractivity contribution is -0.252. The molecule has 4 aromatic rings. The second-order valence-electron chi connectivity index (χ2n) is 13.1. The molecule has 0 aromatic heterocycles. The quantitative estimate of drug-likeness (QED) is 0.123. The molecule has 1 aliphatic carbocycles. The van der Waals surface area contributed by atoms with Gasteiger partial charge in [0, 0.05) is 0 Å². The summed E-state index contributed by atoms with van der Waals surface area (Å²) in [7, 11) is 6.60. The van der Waals surface area contributed by atoms with E-state index in [9.17, 15) is 0 Å². The van der Waals surface area contributed by atoms with Crippen molar-refractivity contribution in [2.24, 2.45) is 0 Å². The van der Waals surface area contributed by atoms with Crippen LogP contribution in [-0.4, -0.2) is 70.9 Å². The Morgan fingerprint density at radius 2 is 0.627 bits per heavy atom. The van der Waals surface area contributed by atoms with Crippen LogP contribution in [0.25, 0.3) is 0 Å². The molecule has 1 saturated heterocycles. The molecule has 0 unspecified atom stereocenters. The molecule has 1 saturated carbocycles. The average Bonchev–Trinajstić information content (AvgIpc) is 3.50. The van der Waals surface area contributed by atoms with Gasteiger partial charge in [-0.25, -0.2) is 0 Å². The Kier molecular flexibility index (Phi) is 12.1. The van der Waals surface area contributed by atoms with E-state index in [-0.39, 0.29) is 0 Å². The van der Waals surface area contributed by atoms with Gasteiger partial charge in [-0.3, -0.25) is 0 Å². The Balaban J connectivity index is 1.34. The molecule has 6 rings (SSSR count). The normalized spacial score (nSPS) is 23.7. The molecule has 6 atom stereocenters. The third kappa shape index (κ3) is 9.20. The first kappa shape index (κ1) is 36.6. The number of rotatable bonds is 16. The molecular weight excluding hydrogens is 652 g/mol. The first-order chi connectivity index (χ1) is 24.8. The Bertz CT molecular complexity index is 1520. The fraction of sp³-hybridized carbons (Fsp3) is 0.415. The van der Waals surface area contributed by atoms with Crippen molar-refractivity contribution in [1.29, 1.82) is 0 Å². The van der Waals surface area contributed by atoms with Gasteiger partial charge in [-0.1, -0.05) is 48.5 Å². The minimum absolute atomic E-state index is 0.298. The van der Waals surface area contributed by atoms with Crippen molar-refractivity contribution in [3.05, 3.63) is 119 Å². The molecule has 0 spiro atoms. The minimum atomic E-state index is -0.899. The lowest BCUT2D eigenvalue weighted by atomic mass is 9.84. The largest absolute Gasteiger partial charge is 0.497 e. The monoisotopic (exact) mass is 700 g/mol. The third-order valence-corrected chi connectivity index (χ3v) is 9.19. The number of benzene rings is 4. The SMILES string of the molecule is COc1ccc(CO[C@@H]2[C@@H](OCc3ccc(OC)cc3)[C@H](OCc3ccc(OC)cc3)[C@@H]3OC(C)(C)O[C@@H]3[C@H]2OCc2ccc(OC)cc2)cc1. The molecule has 0 N–H and O–H groups in total. The second kappa shape index (κ2) is 16.9. The topological polar surface area (TPSA) is 92.3 Å². The predicted molar refractivity (Wildman–Crippen MR) is 190 cm³/mol. The molecule has 51 heavy (non-hydrogen) atoms. The smallest absolute Gasteiger partial charge is 0.164 e. The van der Waals surface area contributed by atoms with Gasteiger partial charge in [0.05, 0.1) is 54.9 Å². The average molecular weight is 701 g/mol. The highest BCUT2D eigenvalue weighted by atomic mass is 16.8. The summed E-state index contributed by atoms with van der Waals surface area (Å²) in [5.74, 6) is 2.19. The van der Waals surface area contributed by atoms with E-state index in [1.807, 2.05) is 111 Å². The molecule has 272 valence electrons. The van der Waals surface area contributed by atoms with Gasteiger partial charge in [0.2, 0.25) is 0 Å². The maximum absolute atomic E-state index is 6.84. The number of ether oxygens (including phenoxy) is 10. The number of hydrogen-bond donors (Lipinski definition) is 0. The Morgan fingerprint density at radius 1 is 0.392 bits per heavy atom. The van der Waals surface area contributed by atoms with Crippen LogP contribution in [0.1, 0.15) is 36.1 Å².